The molecule has 3 saturated heterocycles. The lowest BCUT2D eigenvalue weighted by Gasteiger charge is -2.35. The van der Waals surface area contributed by atoms with Gasteiger partial charge in [-0.2, -0.15) is 5.10 Å². The molecule has 2 amide bonds. The van der Waals surface area contributed by atoms with E-state index < -0.39 is 0 Å². The molecule has 2 unspecified atom stereocenters. The number of aromatic amines is 1. The van der Waals surface area contributed by atoms with Crippen molar-refractivity contribution in [2.24, 2.45) is 17.8 Å². The molecular formula is C25H35N5O2. The predicted molar refractivity (Wildman–Crippen MR) is 124 cm³/mol. The maximum atomic E-state index is 13.2. The standard InChI is InChI=1S/C25H35N5O2/c1-18-8-12-28(13-9-18)17-23(31)29-14-10-20(15-29)19-5-4-11-30(16-19)25(32)24-21-6-2-3-7-22(21)26-27-24/h2-3,6-7,18-20H,4-5,8-17H2,1H3,(H,26,27). The van der Waals surface area contributed by atoms with Gasteiger partial charge in [0.25, 0.3) is 5.91 Å². The van der Waals surface area contributed by atoms with Crippen LogP contribution in [-0.2, 0) is 4.79 Å². The van der Waals surface area contributed by atoms with Crippen LogP contribution in [0.15, 0.2) is 24.3 Å². The van der Waals surface area contributed by atoms with Crippen LogP contribution in [0.4, 0.5) is 0 Å². The van der Waals surface area contributed by atoms with E-state index in [4.69, 9.17) is 0 Å². The molecule has 2 atom stereocenters. The summed E-state index contributed by atoms with van der Waals surface area (Å²) in [5.41, 5.74) is 1.43. The van der Waals surface area contributed by atoms with Crippen molar-refractivity contribution in [3.05, 3.63) is 30.0 Å². The number of nitrogens with zero attached hydrogens (tertiary/aromatic N) is 4. The Balaban J connectivity index is 1.17. The zero-order valence-corrected chi connectivity index (χ0v) is 19.1. The number of para-hydroxylation sites is 1. The van der Waals surface area contributed by atoms with Crippen molar-refractivity contribution in [3.63, 3.8) is 0 Å². The second-order valence-electron chi connectivity index (χ2n) is 10.1. The van der Waals surface area contributed by atoms with Crippen molar-refractivity contribution in [2.45, 2.75) is 39.0 Å². The second kappa shape index (κ2) is 9.22. The highest BCUT2D eigenvalue weighted by atomic mass is 16.2. The minimum absolute atomic E-state index is 0.0254. The van der Waals surface area contributed by atoms with Crippen LogP contribution in [0.5, 0.6) is 0 Å². The summed E-state index contributed by atoms with van der Waals surface area (Å²) in [6.45, 7) is 8.24. The Bertz CT molecular complexity index is 964. The number of hydrogen-bond donors (Lipinski definition) is 1. The minimum atomic E-state index is 0.0254. The van der Waals surface area contributed by atoms with Gasteiger partial charge in [0.2, 0.25) is 5.91 Å². The number of rotatable bonds is 4. The fourth-order valence-electron chi connectivity index (χ4n) is 5.77. The maximum Gasteiger partial charge on any atom is 0.275 e. The molecule has 2 aromatic rings. The number of benzene rings is 1. The van der Waals surface area contributed by atoms with E-state index in [1.807, 2.05) is 29.2 Å². The van der Waals surface area contributed by atoms with Crippen LogP contribution in [0.3, 0.4) is 0 Å². The first-order chi connectivity index (χ1) is 15.6. The first kappa shape index (κ1) is 21.4. The van der Waals surface area contributed by atoms with Gasteiger partial charge in [-0.05, 0) is 69.0 Å². The molecule has 32 heavy (non-hydrogen) atoms. The summed E-state index contributed by atoms with van der Waals surface area (Å²) in [6.07, 6.45) is 5.62. The summed E-state index contributed by atoms with van der Waals surface area (Å²) in [7, 11) is 0. The third kappa shape index (κ3) is 4.40. The van der Waals surface area contributed by atoms with Gasteiger partial charge < -0.3 is 9.80 Å². The van der Waals surface area contributed by atoms with E-state index in [0.717, 1.165) is 75.4 Å². The quantitative estimate of drug-likeness (QED) is 0.798. The van der Waals surface area contributed by atoms with E-state index in [9.17, 15) is 9.59 Å². The van der Waals surface area contributed by atoms with Crippen molar-refractivity contribution < 1.29 is 9.59 Å². The van der Waals surface area contributed by atoms with Crippen molar-refractivity contribution in [3.8, 4) is 0 Å². The molecule has 1 aromatic heterocycles. The third-order valence-electron chi connectivity index (χ3n) is 7.90. The van der Waals surface area contributed by atoms with Gasteiger partial charge in [-0.3, -0.25) is 19.6 Å². The highest BCUT2D eigenvalue weighted by molar-refractivity contribution is 6.04. The van der Waals surface area contributed by atoms with Gasteiger partial charge >= 0.3 is 0 Å². The molecule has 172 valence electrons. The lowest BCUT2D eigenvalue weighted by Crippen LogP contribution is -2.44. The molecule has 0 radical (unpaired) electrons. The number of fused-ring (bicyclic) bond motifs is 1. The number of piperidine rings is 2. The molecule has 3 aliphatic heterocycles. The van der Waals surface area contributed by atoms with Gasteiger partial charge in [0, 0.05) is 31.6 Å². The maximum absolute atomic E-state index is 13.2. The lowest BCUT2D eigenvalue weighted by atomic mass is 9.84. The van der Waals surface area contributed by atoms with Crippen LogP contribution in [0.2, 0.25) is 0 Å². The molecule has 4 heterocycles. The van der Waals surface area contributed by atoms with Gasteiger partial charge in [-0.1, -0.05) is 25.1 Å². The molecule has 0 saturated carbocycles. The molecule has 5 rings (SSSR count). The van der Waals surface area contributed by atoms with Crippen LogP contribution in [-0.4, -0.2) is 82.5 Å². The topological polar surface area (TPSA) is 72.5 Å². The summed E-state index contributed by atoms with van der Waals surface area (Å²) in [6, 6.07) is 7.80. The summed E-state index contributed by atoms with van der Waals surface area (Å²) in [5.74, 6) is 2.05. The Morgan fingerprint density at radius 3 is 2.56 bits per heavy atom. The SMILES string of the molecule is CC1CCN(CC(=O)N2CCC(C3CCCN(C(=O)c4n[nH]c5ccccc45)C3)C2)CC1. The lowest BCUT2D eigenvalue weighted by molar-refractivity contribution is -0.132. The summed E-state index contributed by atoms with van der Waals surface area (Å²) in [5, 5.41) is 8.19. The Morgan fingerprint density at radius 2 is 1.72 bits per heavy atom. The van der Waals surface area contributed by atoms with Crippen LogP contribution in [0, 0.1) is 17.8 Å². The van der Waals surface area contributed by atoms with E-state index in [1.54, 1.807) is 0 Å². The molecule has 0 aliphatic carbocycles. The van der Waals surface area contributed by atoms with E-state index in [-0.39, 0.29) is 11.8 Å². The molecule has 3 aliphatic rings. The number of aromatic nitrogens is 2. The number of carbonyl (C=O) groups is 2. The fourth-order valence-corrected chi connectivity index (χ4v) is 5.77. The number of nitrogens with one attached hydrogen (secondary N) is 1. The fraction of sp³-hybridized carbons (Fsp3) is 0.640. The number of likely N-dealkylation sites (tertiary alicyclic amines) is 3. The first-order valence-electron chi connectivity index (χ1n) is 12.3. The molecule has 1 N–H and O–H groups in total. The average Bonchev–Trinajstić information content (AvgIpc) is 3.48. The van der Waals surface area contributed by atoms with Crippen LogP contribution in [0.25, 0.3) is 10.9 Å². The largest absolute Gasteiger partial charge is 0.341 e. The second-order valence-corrected chi connectivity index (χ2v) is 10.1. The van der Waals surface area contributed by atoms with Gasteiger partial charge in [-0.25, -0.2) is 0 Å². The number of carbonyl (C=O) groups excluding carboxylic acids is 2. The number of amides is 2. The summed E-state index contributed by atoms with van der Waals surface area (Å²) in [4.78, 5) is 32.5. The normalized spacial score (nSPS) is 25.5. The monoisotopic (exact) mass is 437 g/mol. The summed E-state index contributed by atoms with van der Waals surface area (Å²) < 4.78 is 0. The zero-order valence-electron chi connectivity index (χ0n) is 19.1. The Morgan fingerprint density at radius 1 is 0.969 bits per heavy atom. The molecule has 7 heteroatoms. The molecule has 7 nitrogen and oxygen atoms in total. The molecule has 3 fully saturated rings. The van der Waals surface area contributed by atoms with Crippen molar-refractivity contribution in [2.75, 3.05) is 45.8 Å². The number of hydrogen-bond acceptors (Lipinski definition) is 4. The van der Waals surface area contributed by atoms with Gasteiger partial charge in [0.1, 0.15) is 0 Å². The highest BCUT2D eigenvalue weighted by Crippen LogP contribution is 2.32. The average molecular weight is 438 g/mol. The Hall–Kier alpha value is -2.41. The molecule has 0 spiro atoms. The number of H-pyrrole nitrogens is 1. The minimum Gasteiger partial charge on any atom is -0.341 e. The van der Waals surface area contributed by atoms with Crippen LogP contribution in [0.1, 0.15) is 49.5 Å². The zero-order chi connectivity index (χ0) is 22.1. The molecule has 0 bridgehead atoms. The highest BCUT2D eigenvalue weighted by Gasteiger charge is 2.36. The van der Waals surface area contributed by atoms with Gasteiger partial charge in [-0.15, -0.1) is 0 Å². The Kier molecular flexibility index (Phi) is 6.17. The van der Waals surface area contributed by atoms with Gasteiger partial charge in [0.15, 0.2) is 5.69 Å². The van der Waals surface area contributed by atoms with E-state index in [0.29, 0.717) is 24.1 Å². The predicted octanol–water partition coefficient (Wildman–Crippen LogP) is 3.00. The first-order valence-corrected chi connectivity index (χ1v) is 12.3. The van der Waals surface area contributed by atoms with E-state index >= 15 is 0 Å². The van der Waals surface area contributed by atoms with Gasteiger partial charge in [0.05, 0.1) is 12.1 Å². The van der Waals surface area contributed by atoms with E-state index in [2.05, 4.69) is 26.9 Å². The van der Waals surface area contributed by atoms with Crippen LogP contribution < -0.4 is 0 Å². The molecular weight excluding hydrogens is 402 g/mol. The Labute approximate surface area is 190 Å². The summed E-state index contributed by atoms with van der Waals surface area (Å²) >= 11 is 0. The van der Waals surface area contributed by atoms with Crippen molar-refractivity contribution in [1.82, 2.24) is 24.9 Å². The molecule has 1 aromatic carbocycles. The van der Waals surface area contributed by atoms with Crippen molar-refractivity contribution in [1.29, 1.82) is 0 Å². The van der Waals surface area contributed by atoms with Crippen molar-refractivity contribution >= 4 is 22.7 Å². The third-order valence-corrected chi connectivity index (χ3v) is 7.90. The smallest absolute Gasteiger partial charge is 0.275 e. The van der Waals surface area contributed by atoms with Crippen LogP contribution >= 0.6 is 0 Å². The van der Waals surface area contributed by atoms with E-state index in [1.165, 1.54) is 12.8 Å².